The van der Waals surface area contributed by atoms with Crippen molar-refractivity contribution in [1.82, 2.24) is 0 Å². The normalized spacial score (nSPS) is 10.3. The van der Waals surface area contributed by atoms with Crippen LogP contribution in [0.15, 0.2) is 48.5 Å². The number of hydrogen-bond acceptors (Lipinski definition) is 2. The summed E-state index contributed by atoms with van der Waals surface area (Å²) in [6, 6.07) is 15.2. The van der Waals surface area contributed by atoms with Crippen molar-refractivity contribution >= 4 is 11.6 Å². The van der Waals surface area contributed by atoms with Gasteiger partial charge < -0.3 is 0 Å². The molecule has 102 valence electrons. The summed E-state index contributed by atoms with van der Waals surface area (Å²) in [4.78, 5) is 23.2. The SMILES string of the molecule is CCC(=O)c1ccc(-c2ccc(C(=O)CC)cc2)cc1. The molecule has 0 heterocycles. The largest absolute Gasteiger partial charge is 0.294 e. The highest BCUT2D eigenvalue weighted by Gasteiger charge is 2.05. The molecule has 0 radical (unpaired) electrons. The topological polar surface area (TPSA) is 34.1 Å². The van der Waals surface area contributed by atoms with Crippen LogP contribution >= 0.6 is 0 Å². The van der Waals surface area contributed by atoms with Crippen LogP contribution in [0.1, 0.15) is 47.4 Å². The van der Waals surface area contributed by atoms with E-state index in [0.29, 0.717) is 12.8 Å². The predicted molar refractivity (Wildman–Crippen MR) is 81.1 cm³/mol. The van der Waals surface area contributed by atoms with Gasteiger partial charge in [-0.2, -0.15) is 0 Å². The Kier molecular flexibility index (Phi) is 4.46. The molecule has 0 unspecified atom stereocenters. The molecule has 0 aliphatic rings. The first-order valence-corrected chi connectivity index (χ1v) is 6.92. The Morgan fingerprint density at radius 2 is 0.950 bits per heavy atom. The molecule has 0 atom stereocenters. The van der Waals surface area contributed by atoms with Crippen molar-refractivity contribution in [2.75, 3.05) is 0 Å². The summed E-state index contributed by atoms with van der Waals surface area (Å²) in [6.07, 6.45) is 1.04. The van der Waals surface area contributed by atoms with Gasteiger partial charge in [-0.3, -0.25) is 9.59 Å². The van der Waals surface area contributed by atoms with E-state index in [0.717, 1.165) is 22.3 Å². The van der Waals surface area contributed by atoms with Crippen LogP contribution in [0.2, 0.25) is 0 Å². The van der Waals surface area contributed by atoms with Crippen LogP contribution in [0, 0.1) is 0 Å². The Morgan fingerprint density at radius 1 is 0.650 bits per heavy atom. The smallest absolute Gasteiger partial charge is 0.162 e. The van der Waals surface area contributed by atoms with Crippen LogP contribution in [0.5, 0.6) is 0 Å². The van der Waals surface area contributed by atoms with Crippen LogP contribution in [0.25, 0.3) is 11.1 Å². The van der Waals surface area contributed by atoms with Crippen LogP contribution in [0.4, 0.5) is 0 Å². The lowest BCUT2D eigenvalue weighted by atomic mass is 9.99. The average molecular weight is 266 g/mol. The first kappa shape index (κ1) is 14.2. The number of hydrogen-bond donors (Lipinski definition) is 0. The van der Waals surface area contributed by atoms with Gasteiger partial charge in [0.25, 0.3) is 0 Å². The van der Waals surface area contributed by atoms with Gasteiger partial charge in [0.15, 0.2) is 11.6 Å². The maximum absolute atomic E-state index is 11.6. The minimum absolute atomic E-state index is 0.153. The highest BCUT2D eigenvalue weighted by Crippen LogP contribution is 2.21. The van der Waals surface area contributed by atoms with Gasteiger partial charge in [0.2, 0.25) is 0 Å². The Hall–Kier alpha value is -2.22. The second kappa shape index (κ2) is 6.29. The van der Waals surface area contributed by atoms with Crippen LogP contribution < -0.4 is 0 Å². The molecule has 0 N–H and O–H groups in total. The Labute approximate surface area is 119 Å². The quantitative estimate of drug-likeness (QED) is 0.744. The van der Waals surface area contributed by atoms with Gasteiger partial charge in [0.1, 0.15) is 0 Å². The van der Waals surface area contributed by atoms with Gasteiger partial charge in [0.05, 0.1) is 0 Å². The first-order valence-electron chi connectivity index (χ1n) is 6.92. The summed E-state index contributed by atoms with van der Waals surface area (Å²) in [5.41, 5.74) is 3.59. The molecule has 0 fully saturated rings. The molecule has 0 saturated carbocycles. The first-order chi connectivity index (χ1) is 9.65. The molecule has 0 aromatic heterocycles. The summed E-state index contributed by atoms with van der Waals surface area (Å²) in [5.74, 6) is 0.306. The summed E-state index contributed by atoms with van der Waals surface area (Å²) in [7, 11) is 0. The van der Waals surface area contributed by atoms with Gasteiger partial charge in [-0.1, -0.05) is 62.4 Å². The number of carbonyl (C=O) groups excluding carboxylic acids is 2. The zero-order valence-corrected chi connectivity index (χ0v) is 11.8. The second-order valence-electron chi connectivity index (χ2n) is 4.71. The van der Waals surface area contributed by atoms with Gasteiger partial charge in [-0.05, 0) is 11.1 Å². The lowest BCUT2D eigenvalue weighted by Gasteiger charge is -2.05. The summed E-state index contributed by atoms with van der Waals surface area (Å²) in [6.45, 7) is 3.72. The van der Waals surface area contributed by atoms with Crippen molar-refractivity contribution in [2.45, 2.75) is 26.7 Å². The number of carbonyl (C=O) groups is 2. The van der Waals surface area contributed by atoms with E-state index in [4.69, 9.17) is 0 Å². The molecule has 2 aromatic rings. The standard InChI is InChI=1S/C18H18O2/c1-3-17(19)15-9-5-13(6-10-15)14-7-11-16(12-8-14)18(20)4-2/h5-12H,3-4H2,1-2H3. The number of ketones is 2. The molecule has 20 heavy (non-hydrogen) atoms. The molecule has 0 aliphatic heterocycles. The zero-order valence-electron chi connectivity index (χ0n) is 11.8. The van der Waals surface area contributed by atoms with Gasteiger partial charge in [-0.15, -0.1) is 0 Å². The van der Waals surface area contributed by atoms with Crippen molar-refractivity contribution in [3.05, 3.63) is 59.7 Å². The zero-order chi connectivity index (χ0) is 14.5. The van der Waals surface area contributed by atoms with E-state index in [1.807, 2.05) is 62.4 Å². The highest BCUT2D eigenvalue weighted by molar-refractivity contribution is 5.97. The van der Waals surface area contributed by atoms with Crippen molar-refractivity contribution < 1.29 is 9.59 Å². The lowest BCUT2D eigenvalue weighted by Crippen LogP contribution is -1.96. The molecular weight excluding hydrogens is 248 g/mol. The van der Waals surface area contributed by atoms with Crippen molar-refractivity contribution in [3.8, 4) is 11.1 Å². The molecule has 2 rings (SSSR count). The van der Waals surface area contributed by atoms with Crippen LogP contribution in [-0.2, 0) is 0 Å². The van der Waals surface area contributed by atoms with E-state index in [-0.39, 0.29) is 11.6 Å². The van der Waals surface area contributed by atoms with E-state index >= 15 is 0 Å². The van der Waals surface area contributed by atoms with E-state index in [2.05, 4.69) is 0 Å². The fourth-order valence-electron chi connectivity index (χ4n) is 2.11. The number of benzene rings is 2. The lowest BCUT2D eigenvalue weighted by molar-refractivity contribution is 0.0980. The van der Waals surface area contributed by atoms with Gasteiger partial charge in [0, 0.05) is 24.0 Å². The molecule has 2 aromatic carbocycles. The third kappa shape index (κ3) is 3.02. The van der Waals surface area contributed by atoms with E-state index in [1.54, 1.807) is 0 Å². The molecule has 0 amide bonds. The second-order valence-corrected chi connectivity index (χ2v) is 4.71. The van der Waals surface area contributed by atoms with E-state index in [9.17, 15) is 9.59 Å². The fraction of sp³-hybridized carbons (Fsp3) is 0.222. The average Bonchev–Trinajstić information content (AvgIpc) is 2.53. The predicted octanol–water partition coefficient (Wildman–Crippen LogP) is 4.54. The monoisotopic (exact) mass is 266 g/mol. The molecule has 2 heteroatoms. The summed E-state index contributed by atoms with van der Waals surface area (Å²) in [5, 5.41) is 0. The van der Waals surface area contributed by atoms with Crippen LogP contribution in [0.3, 0.4) is 0 Å². The molecule has 0 spiro atoms. The maximum atomic E-state index is 11.6. The maximum Gasteiger partial charge on any atom is 0.162 e. The van der Waals surface area contributed by atoms with Crippen molar-refractivity contribution in [3.63, 3.8) is 0 Å². The van der Waals surface area contributed by atoms with Crippen molar-refractivity contribution in [1.29, 1.82) is 0 Å². The number of rotatable bonds is 5. The third-order valence-electron chi connectivity index (χ3n) is 3.39. The molecule has 0 saturated heterocycles. The Balaban J connectivity index is 2.23. The Bertz CT molecular complexity index is 549. The fourth-order valence-corrected chi connectivity index (χ4v) is 2.11. The summed E-state index contributed by atoms with van der Waals surface area (Å²) < 4.78 is 0. The highest BCUT2D eigenvalue weighted by atomic mass is 16.1. The molecular formula is C18H18O2. The molecule has 2 nitrogen and oxygen atoms in total. The van der Waals surface area contributed by atoms with Gasteiger partial charge in [-0.25, -0.2) is 0 Å². The third-order valence-corrected chi connectivity index (χ3v) is 3.39. The Morgan fingerprint density at radius 3 is 1.20 bits per heavy atom. The molecule has 0 aliphatic carbocycles. The molecule has 0 bridgehead atoms. The van der Waals surface area contributed by atoms with Crippen molar-refractivity contribution in [2.24, 2.45) is 0 Å². The van der Waals surface area contributed by atoms with E-state index < -0.39 is 0 Å². The van der Waals surface area contributed by atoms with Crippen LogP contribution in [-0.4, -0.2) is 11.6 Å². The summed E-state index contributed by atoms with van der Waals surface area (Å²) >= 11 is 0. The number of Topliss-reactive ketones (excluding diaryl/α,β-unsaturated/α-hetero) is 2. The van der Waals surface area contributed by atoms with Gasteiger partial charge >= 0.3 is 0 Å². The minimum Gasteiger partial charge on any atom is -0.294 e. The minimum atomic E-state index is 0.153. The van der Waals surface area contributed by atoms with E-state index in [1.165, 1.54) is 0 Å².